The van der Waals surface area contributed by atoms with E-state index in [0.717, 1.165) is 17.5 Å². The first-order valence-electron chi connectivity index (χ1n) is 11.4. The molecule has 0 bridgehead atoms. The van der Waals surface area contributed by atoms with Crippen LogP contribution in [0.5, 0.6) is 5.75 Å². The van der Waals surface area contributed by atoms with Crippen molar-refractivity contribution in [3.8, 4) is 16.9 Å². The number of nitrogens with zero attached hydrogens (tertiary/aromatic N) is 1. The Morgan fingerprint density at radius 1 is 1.21 bits per heavy atom. The van der Waals surface area contributed by atoms with Crippen molar-refractivity contribution in [1.82, 2.24) is 4.57 Å². The van der Waals surface area contributed by atoms with E-state index in [9.17, 15) is 9.59 Å². The quantitative estimate of drug-likeness (QED) is 0.505. The maximum absolute atomic E-state index is 15.3. The van der Waals surface area contributed by atoms with Gasteiger partial charge in [-0.05, 0) is 69.2 Å². The Balaban J connectivity index is 2.16. The molecule has 3 aromatic rings. The van der Waals surface area contributed by atoms with Crippen molar-refractivity contribution in [2.24, 2.45) is 7.05 Å². The lowest BCUT2D eigenvalue weighted by molar-refractivity contribution is -0.165. The molecule has 0 saturated heterocycles. The fraction of sp³-hybridized carbons (Fsp3) is 0.407. The van der Waals surface area contributed by atoms with E-state index in [1.54, 1.807) is 19.2 Å². The zero-order valence-corrected chi connectivity index (χ0v) is 20.5. The third-order valence-electron chi connectivity index (χ3n) is 6.19. The van der Waals surface area contributed by atoms with E-state index in [0.29, 0.717) is 40.6 Å². The summed E-state index contributed by atoms with van der Waals surface area (Å²) in [5.41, 5.74) is 2.14. The average molecular weight is 468 g/mol. The molecule has 1 aliphatic heterocycles. The number of hydrogen-bond donors (Lipinski definition) is 0. The van der Waals surface area contributed by atoms with Crippen LogP contribution in [0.2, 0.25) is 0 Å². The number of hydrogen-bond acceptors (Lipinski definition) is 5. The van der Waals surface area contributed by atoms with E-state index in [-0.39, 0.29) is 11.3 Å². The maximum Gasteiger partial charge on any atom is 0.341 e. The molecule has 0 fully saturated rings. The van der Waals surface area contributed by atoms with Crippen LogP contribution in [0.25, 0.3) is 21.9 Å². The molecule has 0 saturated carbocycles. The van der Waals surface area contributed by atoms with E-state index in [4.69, 9.17) is 14.2 Å². The molecule has 180 valence electrons. The van der Waals surface area contributed by atoms with Crippen molar-refractivity contribution < 1.29 is 23.4 Å². The van der Waals surface area contributed by atoms with E-state index in [1.807, 2.05) is 39.8 Å². The minimum Gasteiger partial charge on any atom is -0.490 e. The molecule has 1 atom stereocenters. The van der Waals surface area contributed by atoms with Gasteiger partial charge >= 0.3 is 5.97 Å². The first kappa shape index (κ1) is 24.0. The van der Waals surface area contributed by atoms with Crippen LogP contribution in [0, 0.1) is 12.7 Å². The number of rotatable bonds is 4. The topological polar surface area (TPSA) is 66.8 Å². The molecule has 4 rings (SSSR count). The Hall–Kier alpha value is -3.19. The van der Waals surface area contributed by atoms with Crippen LogP contribution in [0.3, 0.4) is 0 Å². The van der Waals surface area contributed by atoms with Gasteiger partial charge in [0.05, 0.1) is 25.0 Å². The van der Waals surface area contributed by atoms with Gasteiger partial charge in [0.1, 0.15) is 0 Å². The Bertz CT molecular complexity index is 1340. The fourth-order valence-electron chi connectivity index (χ4n) is 4.67. The Labute approximate surface area is 198 Å². The number of methoxy groups -OCH3 is 1. The monoisotopic (exact) mass is 467 g/mol. The molecule has 0 unspecified atom stereocenters. The lowest BCUT2D eigenvalue weighted by atomic mass is 9.87. The first-order valence-corrected chi connectivity index (χ1v) is 11.4. The molecule has 1 aliphatic rings. The highest BCUT2D eigenvalue weighted by molar-refractivity contribution is 6.00. The molecule has 6 nitrogen and oxygen atoms in total. The summed E-state index contributed by atoms with van der Waals surface area (Å²) in [7, 11) is 2.88. The van der Waals surface area contributed by atoms with Gasteiger partial charge in [0.15, 0.2) is 17.7 Å². The molecular weight excluding hydrogens is 437 g/mol. The van der Waals surface area contributed by atoms with Gasteiger partial charge in [0.2, 0.25) is 0 Å². The third-order valence-corrected chi connectivity index (χ3v) is 6.19. The number of esters is 1. The molecule has 1 aromatic heterocycles. The molecule has 0 spiro atoms. The molecule has 34 heavy (non-hydrogen) atoms. The highest BCUT2D eigenvalue weighted by Gasteiger charge is 2.35. The maximum atomic E-state index is 15.3. The van der Waals surface area contributed by atoms with Gasteiger partial charge in [-0.25, -0.2) is 9.18 Å². The van der Waals surface area contributed by atoms with Crippen molar-refractivity contribution >= 4 is 16.7 Å². The minimum absolute atomic E-state index is 0.277. The molecule has 0 aliphatic carbocycles. The Kier molecular flexibility index (Phi) is 6.25. The van der Waals surface area contributed by atoms with Gasteiger partial charge in [0, 0.05) is 23.6 Å². The predicted molar refractivity (Wildman–Crippen MR) is 129 cm³/mol. The summed E-state index contributed by atoms with van der Waals surface area (Å²) in [6.07, 6.45) is 0.274. The number of carbonyl (C=O) groups excluding carboxylic acids is 1. The summed E-state index contributed by atoms with van der Waals surface area (Å²) in [4.78, 5) is 26.4. The van der Waals surface area contributed by atoms with Crippen LogP contribution in [0.4, 0.5) is 4.39 Å². The molecule has 0 radical (unpaired) electrons. The lowest BCUT2D eigenvalue weighted by Gasteiger charge is -2.30. The van der Waals surface area contributed by atoms with Crippen molar-refractivity contribution in [3.63, 3.8) is 0 Å². The molecule has 2 heterocycles. The van der Waals surface area contributed by atoms with Crippen molar-refractivity contribution in [2.75, 3.05) is 13.7 Å². The number of halogens is 1. The van der Waals surface area contributed by atoms with Gasteiger partial charge in [-0.15, -0.1) is 0 Å². The summed E-state index contributed by atoms with van der Waals surface area (Å²) < 4.78 is 33.6. The van der Waals surface area contributed by atoms with E-state index in [1.165, 1.54) is 17.7 Å². The summed E-state index contributed by atoms with van der Waals surface area (Å²) in [6, 6.07) is 8.58. The second-order valence-electron chi connectivity index (χ2n) is 9.59. The Morgan fingerprint density at radius 2 is 1.88 bits per heavy atom. The van der Waals surface area contributed by atoms with Crippen LogP contribution in [0.15, 0.2) is 35.1 Å². The van der Waals surface area contributed by atoms with Gasteiger partial charge in [0.25, 0.3) is 5.56 Å². The van der Waals surface area contributed by atoms with Crippen molar-refractivity contribution in [1.29, 1.82) is 0 Å². The molecule has 0 amide bonds. The van der Waals surface area contributed by atoms with Crippen LogP contribution in [-0.2, 0) is 27.7 Å². The van der Waals surface area contributed by atoms with E-state index >= 15 is 4.39 Å². The van der Waals surface area contributed by atoms with Crippen molar-refractivity contribution in [2.45, 2.75) is 52.2 Å². The molecule has 0 N–H and O–H groups in total. The normalized spacial score (nSPS) is 14.4. The predicted octanol–water partition coefficient (Wildman–Crippen LogP) is 5.01. The highest BCUT2D eigenvalue weighted by atomic mass is 19.1. The number of fused-ring (bicyclic) bond motifs is 2. The van der Waals surface area contributed by atoms with Crippen LogP contribution in [-0.4, -0.2) is 29.9 Å². The van der Waals surface area contributed by atoms with E-state index < -0.39 is 23.5 Å². The second kappa shape index (κ2) is 8.87. The summed E-state index contributed by atoms with van der Waals surface area (Å²) in [6.45, 7) is 7.86. The highest BCUT2D eigenvalue weighted by Crippen LogP contribution is 2.42. The zero-order chi connectivity index (χ0) is 24.8. The zero-order valence-electron chi connectivity index (χ0n) is 20.5. The number of carbonyl (C=O) groups is 1. The number of aromatic nitrogens is 1. The summed E-state index contributed by atoms with van der Waals surface area (Å²) in [5.74, 6) is -0.829. The third kappa shape index (κ3) is 4.09. The van der Waals surface area contributed by atoms with Crippen molar-refractivity contribution in [3.05, 3.63) is 63.3 Å². The first-order chi connectivity index (χ1) is 16.0. The summed E-state index contributed by atoms with van der Waals surface area (Å²) in [5, 5.41) is 1.09. The van der Waals surface area contributed by atoms with E-state index in [2.05, 4.69) is 0 Å². The van der Waals surface area contributed by atoms with Crippen LogP contribution < -0.4 is 10.3 Å². The standard InChI is InChI=1S/C27H30FNO5/c1-15-16-12-9-13-33-23(16)20(28)14-19(15)21-17-10-7-8-11-18(17)25(30)29(5)22(21)24(26(31)32-6)34-27(2,3)4/h7-8,10-11,14,24H,9,12-13H2,1-6H3/t24-/m0/s1. The minimum atomic E-state index is -1.20. The van der Waals surface area contributed by atoms with Crippen LogP contribution in [0.1, 0.15) is 50.1 Å². The second-order valence-corrected chi connectivity index (χ2v) is 9.59. The smallest absolute Gasteiger partial charge is 0.341 e. The lowest BCUT2D eigenvalue weighted by Crippen LogP contribution is -2.33. The summed E-state index contributed by atoms with van der Waals surface area (Å²) >= 11 is 0. The average Bonchev–Trinajstić information content (AvgIpc) is 2.81. The van der Waals surface area contributed by atoms with Gasteiger partial charge < -0.3 is 18.8 Å². The fourth-order valence-corrected chi connectivity index (χ4v) is 4.67. The SMILES string of the molecule is COC(=O)[C@@H](OC(C)(C)C)c1c(-c2cc(F)c3c(c2C)CCCO3)c2ccccc2c(=O)n1C. The Morgan fingerprint density at radius 3 is 2.53 bits per heavy atom. The number of benzene rings is 2. The van der Waals surface area contributed by atoms with Gasteiger partial charge in [-0.2, -0.15) is 0 Å². The van der Waals surface area contributed by atoms with Gasteiger partial charge in [-0.1, -0.05) is 18.2 Å². The molecule has 2 aromatic carbocycles. The largest absolute Gasteiger partial charge is 0.490 e. The molecular formula is C27H30FNO5. The molecule has 7 heteroatoms. The number of ether oxygens (including phenoxy) is 3. The number of pyridine rings is 1. The van der Waals surface area contributed by atoms with Crippen LogP contribution >= 0.6 is 0 Å². The van der Waals surface area contributed by atoms with Gasteiger partial charge in [-0.3, -0.25) is 4.79 Å².